The molecule has 1 saturated heterocycles. The first-order valence-electron chi connectivity index (χ1n) is 8.31. The second kappa shape index (κ2) is 8.55. The molecule has 0 atom stereocenters. The largest absolute Gasteiger partial charge is 0.465 e. The third-order valence-corrected chi connectivity index (χ3v) is 4.51. The number of para-hydroxylation sites is 1. The summed E-state index contributed by atoms with van der Waals surface area (Å²) in [5.41, 5.74) is 0.713. The van der Waals surface area contributed by atoms with Gasteiger partial charge in [0.1, 0.15) is 18.0 Å². The first-order chi connectivity index (χ1) is 13.1. The van der Waals surface area contributed by atoms with E-state index < -0.39 is 17.1 Å². The molecule has 1 fully saturated rings. The minimum Gasteiger partial charge on any atom is -0.465 e. The van der Waals surface area contributed by atoms with Crippen LogP contribution in [0.15, 0.2) is 59.5 Å². The van der Waals surface area contributed by atoms with Crippen LogP contribution in [0.1, 0.15) is 12.5 Å². The molecular weight excluding hydrogens is 366 g/mol. The van der Waals surface area contributed by atoms with Crippen LogP contribution in [0.5, 0.6) is 11.5 Å². The quantitative estimate of drug-likeness (QED) is 0.553. The summed E-state index contributed by atoms with van der Waals surface area (Å²) in [7, 11) is 0. The van der Waals surface area contributed by atoms with Gasteiger partial charge < -0.3 is 9.47 Å². The number of carbonyl (C=O) groups is 3. The minimum absolute atomic E-state index is 0.194. The topological polar surface area (TPSA) is 72.9 Å². The van der Waals surface area contributed by atoms with Crippen molar-refractivity contribution in [2.45, 2.75) is 6.92 Å². The summed E-state index contributed by atoms with van der Waals surface area (Å²) >= 11 is 0.796. The van der Waals surface area contributed by atoms with E-state index in [1.165, 1.54) is 0 Å². The average molecular weight is 383 g/mol. The van der Waals surface area contributed by atoms with Crippen LogP contribution in [0.2, 0.25) is 0 Å². The molecule has 0 aromatic heterocycles. The zero-order chi connectivity index (χ0) is 19.2. The smallest absolute Gasteiger partial charge is 0.326 e. The fraction of sp³-hybridized carbons (Fsp3) is 0.150. The Bertz CT molecular complexity index is 894. The summed E-state index contributed by atoms with van der Waals surface area (Å²) in [5.74, 6) is 0.192. The van der Waals surface area contributed by atoms with Gasteiger partial charge in [-0.25, -0.2) is 0 Å². The highest BCUT2D eigenvalue weighted by Crippen LogP contribution is 2.33. The zero-order valence-corrected chi connectivity index (χ0v) is 15.4. The lowest BCUT2D eigenvalue weighted by molar-refractivity contribution is -0.145. The number of hydrogen-bond acceptors (Lipinski definition) is 6. The summed E-state index contributed by atoms with van der Waals surface area (Å²) in [6.07, 6.45) is 1.61. The molecule has 2 amide bonds. The number of thioether (sulfide) groups is 1. The van der Waals surface area contributed by atoms with E-state index in [0.717, 1.165) is 16.7 Å². The first kappa shape index (κ1) is 18.7. The highest BCUT2D eigenvalue weighted by Gasteiger charge is 2.36. The van der Waals surface area contributed by atoms with Crippen molar-refractivity contribution < 1.29 is 23.9 Å². The highest BCUT2D eigenvalue weighted by atomic mass is 32.2. The van der Waals surface area contributed by atoms with Crippen LogP contribution < -0.4 is 4.74 Å². The second-order valence-corrected chi connectivity index (χ2v) is 6.55. The SMILES string of the molecule is CCOC(=O)CN1C(=O)S/C(=C/c2cccc(Oc3ccccc3)c2)C1=O. The molecule has 0 spiro atoms. The van der Waals surface area contributed by atoms with Gasteiger partial charge in [0.15, 0.2) is 0 Å². The summed E-state index contributed by atoms with van der Waals surface area (Å²) < 4.78 is 10.6. The molecule has 27 heavy (non-hydrogen) atoms. The minimum atomic E-state index is -0.612. The van der Waals surface area contributed by atoms with Gasteiger partial charge in [0, 0.05) is 0 Å². The maximum Gasteiger partial charge on any atom is 0.326 e. The molecule has 0 bridgehead atoms. The molecule has 7 heteroatoms. The third kappa shape index (κ3) is 4.77. The summed E-state index contributed by atoms with van der Waals surface area (Å²) in [5, 5.41) is -0.490. The number of nitrogens with zero attached hydrogens (tertiary/aromatic N) is 1. The molecule has 0 radical (unpaired) electrons. The van der Waals surface area contributed by atoms with Gasteiger partial charge >= 0.3 is 5.97 Å². The molecule has 6 nitrogen and oxygen atoms in total. The maximum atomic E-state index is 12.4. The van der Waals surface area contributed by atoms with Crippen molar-refractivity contribution in [3.8, 4) is 11.5 Å². The van der Waals surface area contributed by atoms with Gasteiger partial charge in [-0.2, -0.15) is 0 Å². The van der Waals surface area contributed by atoms with E-state index in [2.05, 4.69) is 0 Å². The Balaban J connectivity index is 1.75. The van der Waals surface area contributed by atoms with Gasteiger partial charge in [-0.05, 0) is 54.6 Å². The molecule has 1 aliphatic heterocycles. The van der Waals surface area contributed by atoms with Gasteiger partial charge in [-0.15, -0.1) is 0 Å². The Hall–Kier alpha value is -3.06. The number of esters is 1. The van der Waals surface area contributed by atoms with E-state index in [0.29, 0.717) is 17.1 Å². The van der Waals surface area contributed by atoms with Crippen LogP contribution in [0, 0.1) is 0 Å². The summed E-state index contributed by atoms with van der Waals surface area (Å²) in [6, 6.07) is 16.5. The monoisotopic (exact) mass is 383 g/mol. The van der Waals surface area contributed by atoms with Gasteiger partial charge in [0.05, 0.1) is 11.5 Å². The van der Waals surface area contributed by atoms with Crippen LogP contribution in [-0.4, -0.2) is 35.2 Å². The molecule has 3 rings (SSSR count). The predicted octanol–water partition coefficient (Wildman–Crippen LogP) is 4.08. The molecule has 138 valence electrons. The van der Waals surface area contributed by atoms with Crippen LogP contribution in [-0.2, 0) is 14.3 Å². The second-order valence-electron chi connectivity index (χ2n) is 5.56. The number of imide groups is 1. The van der Waals surface area contributed by atoms with Gasteiger partial charge in [0.2, 0.25) is 0 Å². The van der Waals surface area contributed by atoms with Gasteiger partial charge in [-0.3, -0.25) is 19.3 Å². The van der Waals surface area contributed by atoms with Crippen LogP contribution >= 0.6 is 11.8 Å². The fourth-order valence-electron chi connectivity index (χ4n) is 2.42. The van der Waals surface area contributed by atoms with Crippen LogP contribution in [0.4, 0.5) is 4.79 Å². The Morgan fingerprint density at radius 2 is 1.81 bits per heavy atom. The molecule has 0 saturated carbocycles. The molecule has 0 N–H and O–H groups in total. The van der Waals surface area contributed by atoms with E-state index >= 15 is 0 Å². The van der Waals surface area contributed by atoms with Crippen molar-refractivity contribution in [3.63, 3.8) is 0 Å². The predicted molar refractivity (Wildman–Crippen MR) is 102 cm³/mol. The molecule has 1 aliphatic rings. The summed E-state index contributed by atoms with van der Waals surface area (Å²) in [4.78, 5) is 37.1. The number of ether oxygens (including phenoxy) is 2. The van der Waals surface area contributed by atoms with Crippen LogP contribution in [0.3, 0.4) is 0 Å². The van der Waals surface area contributed by atoms with Crippen molar-refractivity contribution in [3.05, 3.63) is 65.1 Å². The first-order valence-corrected chi connectivity index (χ1v) is 9.12. The number of rotatable bonds is 6. The van der Waals surface area contributed by atoms with Crippen molar-refractivity contribution >= 4 is 35.0 Å². The highest BCUT2D eigenvalue weighted by molar-refractivity contribution is 8.18. The number of hydrogen-bond donors (Lipinski definition) is 0. The Morgan fingerprint density at radius 3 is 2.56 bits per heavy atom. The lowest BCUT2D eigenvalue weighted by atomic mass is 10.2. The number of benzene rings is 2. The lowest BCUT2D eigenvalue weighted by Crippen LogP contribution is -2.34. The zero-order valence-electron chi connectivity index (χ0n) is 14.6. The van der Waals surface area contributed by atoms with E-state index in [4.69, 9.17) is 9.47 Å². The standard InChI is InChI=1S/C20H17NO5S/c1-2-25-18(22)13-21-19(23)17(27-20(21)24)12-14-7-6-10-16(11-14)26-15-8-4-3-5-9-15/h3-12H,2,13H2,1H3/b17-12+. The van der Waals surface area contributed by atoms with Crippen molar-refractivity contribution in [2.24, 2.45) is 0 Å². The molecule has 2 aromatic rings. The van der Waals surface area contributed by atoms with E-state index in [9.17, 15) is 14.4 Å². The molecular formula is C20H17NO5S. The van der Waals surface area contributed by atoms with E-state index in [1.807, 2.05) is 30.3 Å². The summed E-state index contributed by atoms with van der Waals surface area (Å²) in [6.45, 7) is 1.47. The molecule has 2 aromatic carbocycles. The number of carbonyl (C=O) groups excluding carboxylic acids is 3. The lowest BCUT2D eigenvalue weighted by Gasteiger charge is -2.10. The van der Waals surface area contributed by atoms with Crippen molar-refractivity contribution in [2.75, 3.05) is 13.2 Å². The van der Waals surface area contributed by atoms with E-state index in [1.54, 1.807) is 37.3 Å². The molecule has 0 unspecified atom stereocenters. The Labute approximate surface area is 160 Å². The van der Waals surface area contributed by atoms with Gasteiger partial charge in [0.25, 0.3) is 11.1 Å². The molecule has 0 aliphatic carbocycles. The number of amides is 2. The Kier molecular flexibility index (Phi) is 5.93. The normalized spacial score (nSPS) is 15.3. The third-order valence-electron chi connectivity index (χ3n) is 3.60. The van der Waals surface area contributed by atoms with Crippen molar-refractivity contribution in [1.82, 2.24) is 4.90 Å². The fourth-order valence-corrected chi connectivity index (χ4v) is 3.25. The average Bonchev–Trinajstić information content (AvgIpc) is 2.90. The van der Waals surface area contributed by atoms with E-state index in [-0.39, 0.29) is 18.1 Å². The maximum absolute atomic E-state index is 12.4. The molecule has 1 heterocycles. The Morgan fingerprint density at radius 1 is 1.07 bits per heavy atom. The van der Waals surface area contributed by atoms with Crippen LogP contribution in [0.25, 0.3) is 6.08 Å². The van der Waals surface area contributed by atoms with Crippen molar-refractivity contribution in [1.29, 1.82) is 0 Å². The van der Waals surface area contributed by atoms with Gasteiger partial charge in [-0.1, -0.05) is 30.3 Å².